The zero-order chi connectivity index (χ0) is 15.0. The van der Waals surface area contributed by atoms with E-state index in [1.807, 2.05) is 24.3 Å². The van der Waals surface area contributed by atoms with Crippen LogP contribution in [-0.4, -0.2) is 28.8 Å². The van der Waals surface area contributed by atoms with Gasteiger partial charge < -0.3 is 5.73 Å². The van der Waals surface area contributed by atoms with Crippen LogP contribution in [0.1, 0.15) is 11.1 Å². The molecule has 21 heavy (non-hydrogen) atoms. The molecule has 1 aliphatic rings. The van der Waals surface area contributed by atoms with Crippen molar-refractivity contribution in [3.63, 3.8) is 0 Å². The largest absolute Gasteiger partial charge is 0.369 e. The van der Waals surface area contributed by atoms with Gasteiger partial charge in [-0.1, -0.05) is 28.1 Å². The van der Waals surface area contributed by atoms with Gasteiger partial charge in [0.1, 0.15) is 0 Å². The second-order valence-corrected chi connectivity index (χ2v) is 5.71. The van der Waals surface area contributed by atoms with Crippen molar-refractivity contribution >= 4 is 27.8 Å². The average molecular weight is 345 g/mol. The molecule has 0 saturated heterocycles. The lowest BCUT2D eigenvalue weighted by Gasteiger charge is -2.26. The van der Waals surface area contributed by atoms with Crippen molar-refractivity contribution in [3.8, 4) is 0 Å². The quantitative estimate of drug-likeness (QED) is 0.903. The van der Waals surface area contributed by atoms with E-state index in [2.05, 4.69) is 25.9 Å². The highest BCUT2D eigenvalue weighted by Crippen LogP contribution is 2.39. The Kier molecular flexibility index (Phi) is 3.25. The van der Waals surface area contributed by atoms with E-state index in [4.69, 9.17) is 5.73 Å². The highest BCUT2D eigenvalue weighted by atomic mass is 79.9. The molecule has 0 saturated carbocycles. The molecule has 0 bridgehead atoms. The molecule has 1 aromatic carbocycles. The van der Waals surface area contributed by atoms with E-state index < -0.39 is 5.54 Å². The van der Waals surface area contributed by atoms with Crippen LogP contribution < -0.4 is 5.73 Å². The Morgan fingerprint density at radius 3 is 2.48 bits per heavy atom. The molecule has 0 fully saturated rings. The van der Waals surface area contributed by atoms with Crippen molar-refractivity contribution in [1.29, 1.82) is 0 Å². The Hall–Kier alpha value is -2.21. The van der Waals surface area contributed by atoms with Crippen LogP contribution in [0, 0.1) is 0 Å². The number of likely N-dealkylation sites (N-methyl/N-ethyl adjacent to an activating group) is 1. The fourth-order valence-corrected chi connectivity index (χ4v) is 2.89. The maximum Gasteiger partial charge on any atom is 0.266 e. The van der Waals surface area contributed by atoms with E-state index in [1.165, 1.54) is 4.90 Å². The molecule has 1 amide bonds. The van der Waals surface area contributed by atoms with Gasteiger partial charge >= 0.3 is 0 Å². The van der Waals surface area contributed by atoms with Crippen molar-refractivity contribution < 1.29 is 4.79 Å². The first-order valence-electron chi connectivity index (χ1n) is 6.36. The number of rotatable bonds is 2. The van der Waals surface area contributed by atoms with Crippen molar-refractivity contribution in [1.82, 2.24) is 9.88 Å². The number of benzene rings is 1. The summed E-state index contributed by atoms with van der Waals surface area (Å²) in [6.07, 6.45) is 3.29. The van der Waals surface area contributed by atoms with E-state index >= 15 is 0 Å². The van der Waals surface area contributed by atoms with Crippen molar-refractivity contribution in [2.45, 2.75) is 5.54 Å². The van der Waals surface area contributed by atoms with Crippen LogP contribution in [0.3, 0.4) is 0 Å². The average Bonchev–Trinajstić information content (AvgIpc) is 2.73. The summed E-state index contributed by atoms with van der Waals surface area (Å²) in [6.45, 7) is 0. The van der Waals surface area contributed by atoms with Gasteiger partial charge in [-0.2, -0.15) is 0 Å². The Morgan fingerprint density at radius 2 is 1.90 bits per heavy atom. The molecule has 1 aromatic heterocycles. The topological polar surface area (TPSA) is 71.6 Å². The van der Waals surface area contributed by atoms with Crippen LogP contribution in [0.4, 0.5) is 0 Å². The van der Waals surface area contributed by atoms with Crippen LogP contribution in [0.25, 0.3) is 0 Å². The fraction of sp³-hybridized carbons (Fsp3) is 0.133. The molecule has 2 N–H and O–H groups in total. The third kappa shape index (κ3) is 2.03. The molecule has 5 nitrogen and oxygen atoms in total. The summed E-state index contributed by atoms with van der Waals surface area (Å²) in [5.41, 5.74) is 6.25. The molecule has 2 heterocycles. The minimum Gasteiger partial charge on any atom is -0.369 e. The van der Waals surface area contributed by atoms with E-state index in [0.29, 0.717) is 0 Å². The predicted octanol–water partition coefficient (Wildman–Crippen LogP) is 1.87. The maximum absolute atomic E-state index is 12.8. The van der Waals surface area contributed by atoms with Crippen molar-refractivity contribution in [2.75, 3.05) is 7.05 Å². The van der Waals surface area contributed by atoms with E-state index in [9.17, 15) is 4.79 Å². The van der Waals surface area contributed by atoms with Crippen LogP contribution in [0.2, 0.25) is 0 Å². The number of nitrogens with zero attached hydrogens (tertiary/aromatic N) is 3. The van der Waals surface area contributed by atoms with Gasteiger partial charge in [0.2, 0.25) is 0 Å². The van der Waals surface area contributed by atoms with Crippen molar-refractivity contribution in [2.24, 2.45) is 10.7 Å². The molecule has 0 spiro atoms. The summed E-state index contributed by atoms with van der Waals surface area (Å²) >= 11 is 3.44. The molecule has 0 aliphatic carbocycles. The van der Waals surface area contributed by atoms with E-state index in [-0.39, 0.29) is 11.9 Å². The lowest BCUT2D eigenvalue weighted by Crippen LogP contribution is -2.41. The number of carbonyl (C=O) groups is 1. The Morgan fingerprint density at radius 1 is 1.19 bits per heavy atom. The van der Waals surface area contributed by atoms with Gasteiger partial charge in [-0.3, -0.25) is 14.7 Å². The summed E-state index contributed by atoms with van der Waals surface area (Å²) in [7, 11) is 1.63. The number of aliphatic imine (C=N–C) groups is 1. The van der Waals surface area contributed by atoms with Gasteiger partial charge in [0.25, 0.3) is 5.91 Å². The number of hydrogen-bond acceptors (Lipinski definition) is 4. The molecule has 1 atom stereocenters. The molecular formula is C15H13BrN4O. The van der Waals surface area contributed by atoms with Gasteiger partial charge in [-0.05, 0) is 35.4 Å². The molecule has 3 rings (SSSR count). The number of nitrogens with two attached hydrogens (primary N) is 1. The molecule has 1 aliphatic heterocycles. The Balaban J connectivity index is 2.30. The van der Waals surface area contributed by atoms with Crippen LogP contribution in [0.5, 0.6) is 0 Å². The van der Waals surface area contributed by atoms with E-state index in [1.54, 1.807) is 31.6 Å². The zero-order valence-corrected chi connectivity index (χ0v) is 12.9. The third-order valence-electron chi connectivity index (χ3n) is 3.58. The van der Waals surface area contributed by atoms with E-state index in [0.717, 1.165) is 15.6 Å². The molecule has 2 aromatic rings. The molecule has 106 valence electrons. The second-order valence-electron chi connectivity index (χ2n) is 4.79. The Labute approximate surface area is 130 Å². The number of carbonyl (C=O) groups excluding carboxylic acids is 1. The summed E-state index contributed by atoms with van der Waals surface area (Å²) in [5, 5.41) is 0. The number of halogens is 1. The van der Waals surface area contributed by atoms with Crippen LogP contribution >= 0.6 is 15.9 Å². The highest BCUT2D eigenvalue weighted by molar-refractivity contribution is 9.10. The van der Waals surface area contributed by atoms with Gasteiger partial charge in [0, 0.05) is 23.9 Å². The van der Waals surface area contributed by atoms with Gasteiger partial charge in [-0.15, -0.1) is 0 Å². The van der Waals surface area contributed by atoms with Crippen molar-refractivity contribution in [3.05, 3.63) is 64.4 Å². The summed E-state index contributed by atoms with van der Waals surface area (Å²) in [5.74, 6) is 0.0288. The SMILES string of the molecule is CN1C(=O)C(c2ccncc2)(c2cccc(Br)c2)N=C1N. The first-order chi connectivity index (χ1) is 10.1. The lowest BCUT2D eigenvalue weighted by atomic mass is 9.83. The summed E-state index contributed by atoms with van der Waals surface area (Å²) in [4.78, 5) is 22.7. The summed E-state index contributed by atoms with van der Waals surface area (Å²) in [6, 6.07) is 11.1. The molecular weight excluding hydrogens is 332 g/mol. The van der Waals surface area contributed by atoms with Gasteiger partial charge in [0.15, 0.2) is 11.5 Å². The number of guanidine groups is 1. The van der Waals surface area contributed by atoms with Crippen LogP contribution in [0.15, 0.2) is 58.3 Å². The monoisotopic (exact) mass is 344 g/mol. The number of aromatic nitrogens is 1. The highest BCUT2D eigenvalue weighted by Gasteiger charge is 2.49. The molecule has 6 heteroatoms. The predicted molar refractivity (Wildman–Crippen MR) is 83.6 cm³/mol. The standard InChI is InChI=1S/C15H13BrN4O/c1-20-13(21)15(19-14(20)17,10-5-7-18-8-6-10)11-3-2-4-12(16)9-11/h2-9H,1H3,(H2,17,19). The number of pyridine rings is 1. The van der Waals surface area contributed by atoms with Gasteiger partial charge in [-0.25, -0.2) is 4.99 Å². The first kappa shape index (κ1) is 13.8. The van der Waals surface area contributed by atoms with Crippen LogP contribution in [-0.2, 0) is 10.3 Å². The molecule has 1 unspecified atom stereocenters. The van der Waals surface area contributed by atoms with Gasteiger partial charge in [0.05, 0.1) is 0 Å². The Bertz CT molecular complexity index is 731. The molecule has 0 radical (unpaired) electrons. The lowest BCUT2D eigenvalue weighted by molar-refractivity contribution is -0.129. The smallest absolute Gasteiger partial charge is 0.266 e. The fourth-order valence-electron chi connectivity index (χ4n) is 2.49. The first-order valence-corrected chi connectivity index (χ1v) is 7.15. The third-order valence-corrected chi connectivity index (χ3v) is 4.07. The minimum absolute atomic E-state index is 0.177. The number of amides is 1. The maximum atomic E-state index is 12.8. The number of hydrogen-bond donors (Lipinski definition) is 1. The summed E-state index contributed by atoms with van der Waals surface area (Å²) < 4.78 is 0.879. The zero-order valence-electron chi connectivity index (χ0n) is 11.3. The second kappa shape index (κ2) is 4.96. The minimum atomic E-state index is -1.15. The normalized spacial score (nSPS) is 21.5.